The van der Waals surface area contributed by atoms with E-state index in [4.69, 9.17) is 33.7 Å². The van der Waals surface area contributed by atoms with Gasteiger partial charge in [0, 0.05) is 6.04 Å². The van der Waals surface area contributed by atoms with Gasteiger partial charge in [-0.15, -0.1) is 0 Å². The van der Waals surface area contributed by atoms with Gasteiger partial charge in [-0.1, -0.05) is 42.3 Å². The van der Waals surface area contributed by atoms with Gasteiger partial charge in [0.2, 0.25) is 0 Å². The fourth-order valence-corrected chi connectivity index (χ4v) is 2.50. The Morgan fingerprint density at radius 2 is 1.80 bits per heavy atom. The van der Waals surface area contributed by atoms with Gasteiger partial charge in [0.1, 0.15) is 5.75 Å². The van der Waals surface area contributed by atoms with Crippen molar-refractivity contribution in [3.05, 3.63) is 57.6 Å². The zero-order chi connectivity index (χ0) is 14.7. The zero-order valence-corrected chi connectivity index (χ0v) is 13.0. The summed E-state index contributed by atoms with van der Waals surface area (Å²) in [5.41, 5.74) is 7.95. The summed E-state index contributed by atoms with van der Waals surface area (Å²) in [4.78, 5) is 0. The van der Waals surface area contributed by atoms with Crippen LogP contribution in [0.5, 0.6) is 11.5 Å². The highest BCUT2D eigenvalue weighted by molar-refractivity contribution is 6.37. The highest BCUT2D eigenvalue weighted by Crippen LogP contribution is 2.37. The SMILES string of the molecule is CCc1cc(Cl)c(Oc2cccc(C(C)N)c2)c(Cl)c1. The second-order valence-electron chi connectivity index (χ2n) is 4.71. The summed E-state index contributed by atoms with van der Waals surface area (Å²) in [6, 6.07) is 11.3. The van der Waals surface area contributed by atoms with Crippen molar-refractivity contribution in [2.45, 2.75) is 26.3 Å². The number of halogens is 2. The Labute approximate surface area is 129 Å². The van der Waals surface area contributed by atoms with Gasteiger partial charge in [0.25, 0.3) is 0 Å². The maximum atomic E-state index is 6.23. The van der Waals surface area contributed by atoms with Crippen LogP contribution in [0.3, 0.4) is 0 Å². The molecule has 2 nitrogen and oxygen atoms in total. The van der Waals surface area contributed by atoms with Crippen LogP contribution in [0.4, 0.5) is 0 Å². The van der Waals surface area contributed by atoms with Crippen LogP contribution in [-0.2, 0) is 6.42 Å². The Hall–Kier alpha value is -1.22. The number of ether oxygens (including phenoxy) is 1. The van der Waals surface area contributed by atoms with Crippen LogP contribution in [0.25, 0.3) is 0 Å². The molecule has 0 heterocycles. The molecular formula is C16H17Cl2NO. The van der Waals surface area contributed by atoms with Crippen molar-refractivity contribution in [1.82, 2.24) is 0 Å². The first-order valence-corrected chi connectivity index (χ1v) is 7.28. The molecular weight excluding hydrogens is 293 g/mol. The van der Waals surface area contributed by atoms with E-state index in [0.717, 1.165) is 17.5 Å². The summed E-state index contributed by atoms with van der Waals surface area (Å²) in [5.74, 6) is 1.15. The molecule has 0 spiro atoms. The van der Waals surface area contributed by atoms with E-state index in [2.05, 4.69) is 6.92 Å². The van der Waals surface area contributed by atoms with E-state index >= 15 is 0 Å². The smallest absolute Gasteiger partial charge is 0.164 e. The van der Waals surface area contributed by atoms with Crippen molar-refractivity contribution in [2.75, 3.05) is 0 Å². The first-order valence-electron chi connectivity index (χ1n) is 6.52. The molecule has 2 aromatic rings. The molecule has 2 rings (SSSR count). The summed E-state index contributed by atoms with van der Waals surface area (Å²) in [6.45, 7) is 3.98. The molecule has 0 aliphatic rings. The molecule has 0 amide bonds. The Balaban J connectivity index is 2.32. The number of benzene rings is 2. The minimum absolute atomic E-state index is 0.0491. The van der Waals surface area contributed by atoms with Gasteiger partial charge >= 0.3 is 0 Å². The standard InChI is InChI=1S/C16H17Cl2NO/c1-3-11-7-14(17)16(15(18)8-11)20-13-6-4-5-12(9-13)10(2)19/h4-10H,3,19H2,1-2H3. The second kappa shape index (κ2) is 6.49. The topological polar surface area (TPSA) is 35.2 Å². The lowest BCUT2D eigenvalue weighted by atomic mass is 10.1. The van der Waals surface area contributed by atoms with Crippen LogP contribution in [0.15, 0.2) is 36.4 Å². The number of hydrogen-bond acceptors (Lipinski definition) is 2. The molecule has 0 radical (unpaired) electrons. The highest BCUT2D eigenvalue weighted by atomic mass is 35.5. The van der Waals surface area contributed by atoms with Crippen molar-refractivity contribution in [2.24, 2.45) is 5.73 Å². The van der Waals surface area contributed by atoms with Gasteiger partial charge in [-0.2, -0.15) is 0 Å². The molecule has 0 fully saturated rings. The van der Waals surface area contributed by atoms with Crippen molar-refractivity contribution in [3.8, 4) is 11.5 Å². The average molecular weight is 310 g/mol. The minimum atomic E-state index is -0.0491. The lowest BCUT2D eigenvalue weighted by molar-refractivity contribution is 0.481. The lowest BCUT2D eigenvalue weighted by Crippen LogP contribution is -2.04. The quantitative estimate of drug-likeness (QED) is 0.824. The first-order chi connectivity index (χ1) is 9.51. The molecule has 1 atom stereocenters. The predicted octanol–water partition coefficient (Wildman–Crippen LogP) is 5.37. The van der Waals surface area contributed by atoms with E-state index in [0.29, 0.717) is 21.5 Å². The normalized spacial score (nSPS) is 12.2. The van der Waals surface area contributed by atoms with Gasteiger partial charge in [0.05, 0.1) is 10.0 Å². The Bertz CT molecular complexity index is 588. The van der Waals surface area contributed by atoms with E-state index in [9.17, 15) is 0 Å². The van der Waals surface area contributed by atoms with Crippen LogP contribution in [0, 0.1) is 0 Å². The van der Waals surface area contributed by atoms with E-state index in [1.165, 1.54) is 0 Å². The molecule has 2 aromatic carbocycles. The Morgan fingerprint density at radius 3 is 2.35 bits per heavy atom. The maximum Gasteiger partial charge on any atom is 0.164 e. The summed E-state index contributed by atoms with van der Waals surface area (Å²) in [5, 5.41) is 1.03. The molecule has 1 unspecified atom stereocenters. The predicted molar refractivity (Wildman–Crippen MR) is 85.0 cm³/mol. The number of hydrogen-bond donors (Lipinski definition) is 1. The van der Waals surface area contributed by atoms with E-state index in [-0.39, 0.29) is 6.04 Å². The molecule has 4 heteroatoms. The number of nitrogens with two attached hydrogens (primary N) is 1. The van der Waals surface area contributed by atoms with Crippen molar-refractivity contribution >= 4 is 23.2 Å². The largest absolute Gasteiger partial charge is 0.454 e. The highest BCUT2D eigenvalue weighted by Gasteiger charge is 2.11. The van der Waals surface area contributed by atoms with E-state index < -0.39 is 0 Å². The summed E-state index contributed by atoms with van der Waals surface area (Å²) < 4.78 is 5.81. The fraction of sp³-hybridized carbons (Fsp3) is 0.250. The molecule has 0 aliphatic carbocycles. The third kappa shape index (κ3) is 3.45. The van der Waals surface area contributed by atoms with Gasteiger partial charge in [-0.05, 0) is 48.7 Å². The van der Waals surface area contributed by atoms with Crippen LogP contribution in [0.2, 0.25) is 10.0 Å². The molecule has 20 heavy (non-hydrogen) atoms. The average Bonchev–Trinajstić information content (AvgIpc) is 2.42. The monoisotopic (exact) mass is 309 g/mol. The van der Waals surface area contributed by atoms with Crippen LogP contribution in [0.1, 0.15) is 31.0 Å². The molecule has 0 aromatic heterocycles. The Morgan fingerprint density at radius 1 is 1.15 bits per heavy atom. The van der Waals surface area contributed by atoms with Gasteiger partial charge in [-0.25, -0.2) is 0 Å². The van der Waals surface area contributed by atoms with Crippen LogP contribution < -0.4 is 10.5 Å². The minimum Gasteiger partial charge on any atom is -0.454 e. The molecule has 106 valence electrons. The van der Waals surface area contributed by atoms with Crippen molar-refractivity contribution < 1.29 is 4.74 Å². The molecule has 0 saturated heterocycles. The molecule has 0 saturated carbocycles. The van der Waals surface area contributed by atoms with E-state index in [1.54, 1.807) is 0 Å². The second-order valence-corrected chi connectivity index (χ2v) is 5.52. The zero-order valence-electron chi connectivity index (χ0n) is 11.5. The Kier molecular flexibility index (Phi) is 4.92. The van der Waals surface area contributed by atoms with E-state index in [1.807, 2.05) is 43.3 Å². The number of aryl methyl sites for hydroxylation is 1. The number of rotatable bonds is 4. The molecule has 0 aliphatic heterocycles. The molecule has 0 bridgehead atoms. The van der Waals surface area contributed by atoms with Gasteiger partial charge in [-0.3, -0.25) is 0 Å². The third-order valence-corrected chi connectivity index (χ3v) is 3.63. The summed E-state index contributed by atoms with van der Waals surface area (Å²) in [7, 11) is 0. The van der Waals surface area contributed by atoms with Gasteiger partial charge in [0.15, 0.2) is 5.75 Å². The first kappa shape index (κ1) is 15.2. The maximum absolute atomic E-state index is 6.23. The third-order valence-electron chi connectivity index (χ3n) is 3.07. The van der Waals surface area contributed by atoms with Crippen LogP contribution in [-0.4, -0.2) is 0 Å². The van der Waals surface area contributed by atoms with Crippen LogP contribution >= 0.6 is 23.2 Å². The van der Waals surface area contributed by atoms with Gasteiger partial charge < -0.3 is 10.5 Å². The summed E-state index contributed by atoms with van der Waals surface area (Å²) >= 11 is 12.5. The molecule has 2 N–H and O–H groups in total. The lowest BCUT2D eigenvalue weighted by Gasteiger charge is -2.13. The fourth-order valence-electron chi connectivity index (χ4n) is 1.89. The van der Waals surface area contributed by atoms with Crippen molar-refractivity contribution in [3.63, 3.8) is 0 Å². The summed E-state index contributed by atoms with van der Waals surface area (Å²) in [6.07, 6.45) is 0.875. The van der Waals surface area contributed by atoms with Crippen molar-refractivity contribution in [1.29, 1.82) is 0 Å².